The van der Waals surface area contributed by atoms with E-state index < -0.39 is 17.5 Å². The van der Waals surface area contributed by atoms with Gasteiger partial charge in [-0.2, -0.15) is 0 Å². The van der Waals surface area contributed by atoms with Crippen LogP contribution in [0.25, 0.3) is 10.9 Å². The smallest absolute Gasteiger partial charge is 0.292 e. The maximum absolute atomic E-state index is 13.3. The lowest BCUT2D eigenvalue weighted by Crippen LogP contribution is -2.30. The van der Waals surface area contributed by atoms with Gasteiger partial charge in [0.2, 0.25) is 0 Å². The number of carbonyl (C=O) groups is 2. The van der Waals surface area contributed by atoms with Gasteiger partial charge in [-0.15, -0.1) is 0 Å². The van der Waals surface area contributed by atoms with Gasteiger partial charge in [0.1, 0.15) is 5.82 Å². The minimum atomic E-state index is -0.712. The molecule has 0 aliphatic heterocycles. The van der Waals surface area contributed by atoms with Gasteiger partial charge in [0.25, 0.3) is 11.7 Å². The summed E-state index contributed by atoms with van der Waals surface area (Å²) >= 11 is 0. The Balaban J connectivity index is 1.75. The Bertz CT molecular complexity index is 882. The highest BCUT2D eigenvalue weighted by Gasteiger charge is 2.19. The van der Waals surface area contributed by atoms with Crippen molar-refractivity contribution in [3.8, 4) is 0 Å². The molecule has 1 heterocycles. The van der Waals surface area contributed by atoms with Crippen molar-refractivity contribution in [2.45, 2.75) is 13.5 Å². The van der Waals surface area contributed by atoms with Crippen molar-refractivity contribution < 1.29 is 14.0 Å². The van der Waals surface area contributed by atoms with Gasteiger partial charge < -0.3 is 10.3 Å². The second-order valence-electron chi connectivity index (χ2n) is 5.39. The molecule has 0 aliphatic carbocycles. The fourth-order valence-corrected chi connectivity index (χ4v) is 2.37. The topological polar surface area (TPSA) is 62.0 Å². The molecular weight excluding hydrogens is 295 g/mol. The van der Waals surface area contributed by atoms with Crippen LogP contribution in [0.5, 0.6) is 0 Å². The van der Waals surface area contributed by atoms with Crippen molar-refractivity contribution in [3.05, 3.63) is 71.2 Å². The van der Waals surface area contributed by atoms with E-state index in [0.717, 1.165) is 11.1 Å². The third-order valence-corrected chi connectivity index (χ3v) is 3.67. The van der Waals surface area contributed by atoms with Gasteiger partial charge in [0.05, 0.1) is 5.56 Å². The van der Waals surface area contributed by atoms with Crippen LogP contribution in [-0.2, 0) is 11.3 Å². The quantitative estimate of drug-likeness (QED) is 0.574. The molecule has 2 N–H and O–H groups in total. The normalized spacial score (nSPS) is 10.7. The molecule has 0 aliphatic rings. The van der Waals surface area contributed by atoms with Crippen LogP contribution in [0.4, 0.5) is 4.39 Å². The number of amides is 1. The van der Waals surface area contributed by atoms with E-state index in [1.165, 1.54) is 24.4 Å². The number of Topliss-reactive ketones (excluding diaryl/α,β-unsaturated/α-hetero) is 1. The summed E-state index contributed by atoms with van der Waals surface area (Å²) < 4.78 is 13.3. The van der Waals surface area contributed by atoms with Gasteiger partial charge in [-0.3, -0.25) is 9.59 Å². The summed E-state index contributed by atoms with van der Waals surface area (Å²) in [5.74, 6) is -1.85. The Labute approximate surface area is 132 Å². The maximum Gasteiger partial charge on any atom is 0.292 e. The van der Waals surface area contributed by atoms with E-state index in [-0.39, 0.29) is 12.1 Å². The van der Waals surface area contributed by atoms with Crippen LogP contribution < -0.4 is 5.32 Å². The Hall–Kier alpha value is -2.95. The van der Waals surface area contributed by atoms with Crippen molar-refractivity contribution in [2.24, 2.45) is 0 Å². The lowest BCUT2D eigenvalue weighted by molar-refractivity contribution is -0.117. The average molecular weight is 310 g/mol. The molecule has 0 saturated carbocycles. The summed E-state index contributed by atoms with van der Waals surface area (Å²) in [5.41, 5.74) is 2.81. The number of H-pyrrole nitrogens is 1. The number of hydrogen-bond acceptors (Lipinski definition) is 2. The SMILES string of the molecule is Cc1ccc(CNC(=O)C(=O)c2c[nH]c3ccc(F)cc23)cc1. The van der Waals surface area contributed by atoms with Crippen LogP contribution in [0.3, 0.4) is 0 Å². The van der Waals surface area contributed by atoms with Gasteiger partial charge in [0, 0.05) is 23.6 Å². The molecule has 0 saturated heterocycles. The minimum absolute atomic E-state index is 0.168. The molecule has 0 fully saturated rings. The van der Waals surface area contributed by atoms with Crippen molar-refractivity contribution in [1.29, 1.82) is 0 Å². The first kappa shape index (κ1) is 15.0. The average Bonchev–Trinajstić information content (AvgIpc) is 2.96. The highest BCUT2D eigenvalue weighted by Crippen LogP contribution is 2.20. The van der Waals surface area contributed by atoms with Crippen molar-refractivity contribution in [2.75, 3.05) is 0 Å². The summed E-state index contributed by atoms with van der Waals surface area (Å²) in [6, 6.07) is 11.7. The van der Waals surface area contributed by atoms with Crippen LogP contribution in [-0.4, -0.2) is 16.7 Å². The molecule has 1 amide bonds. The van der Waals surface area contributed by atoms with Gasteiger partial charge in [0.15, 0.2) is 0 Å². The van der Waals surface area contributed by atoms with Crippen molar-refractivity contribution in [3.63, 3.8) is 0 Å². The first-order valence-electron chi connectivity index (χ1n) is 7.19. The number of carbonyl (C=O) groups excluding carboxylic acids is 2. The van der Waals surface area contributed by atoms with Gasteiger partial charge >= 0.3 is 0 Å². The highest BCUT2D eigenvalue weighted by atomic mass is 19.1. The Morgan fingerprint density at radius 2 is 1.87 bits per heavy atom. The standard InChI is InChI=1S/C18H15FN2O2/c1-11-2-4-12(5-3-11)9-21-18(23)17(22)15-10-20-16-7-6-13(19)8-14(15)16/h2-8,10,20H,9H2,1H3,(H,21,23). The monoisotopic (exact) mass is 310 g/mol. The maximum atomic E-state index is 13.3. The van der Waals surface area contributed by atoms with E-state index in [2.05, 4.69) is 10.3 Å². The second kappa shape index (κ2) is 6.04. The van der Waals surface area contributed by atoms with Gasteiger partial charge in [-0.05, 0) is 30.7 Å². The van der Waals surface area contributed by atoms with E-state index in [0.29, 0.717) is 10.9 Å². The fraction of sp³-hybridized carbons (Fsp3) is 0.111. The molecule has 4 nitrogen and oxygen atoms in total. The molecule has 0 bridgehead atoms. The van der Waals surface area contributed by atoms with Crippen LogP contribution in [0.1, 0.15) is 21.5 Å². The zero-order chi connectivity index (χ0) is 16.4. The van der Waals surface area contributed by atoms with Crippen LogP contribution in [0, 0.1) is 12.7 Å². The van der Waals surface area contributed by atoms with Crippen molar-refractivity contribution >= 4 is 22.6 Å². The molecule has 1 aromatic heterocycles. The molecule has 0 atom stereocenters. The number of fused-ring (bicyclic) bond motifs is 1. The van der Waals surface area contributed by atoms with E-state index in [1.54, 1.807) is 0 Å². The number of aromatic amines is 1. The molecule has 3 aromatic rings. The van der Waals surface area contributed by atoms with E-state index >= 15 is 0 Å². The summed E-state index contributed by atoms with van der Waals surface area (Å²) in [5, 5.41) is 2.99. The fourth-order valence-electron chi connectivity index (χ4n) is 2.37. The molecule has 2 aromatic carbocycles. The predicted octanol–water partition coefficient (Wildman–Crippen LogP) is 3.11. The molecular formula is C18H15FN2O2. The van der Waals surface area contributed by atoms with E-state index in [4.69, 9.17) is 0 Å². The number of aryl methyl sites for hydroxylation is 1. The molecule has 0 unspecified atom stereocenters. The molecule has 0 radical (unpaired) electrons. The number of benzene rings is 2. The zero-order valence-electron chi connectivity index (χ0n) is 12.5. The number of ketones is 1. The summed E-state index contributed by atoms with van der Waals surface area (Å²) in [4.78, 5) is 27.2. The number of nitrogens with one attached hydrogen (secondary N) is 2. The Morgan fingerprint density at radius 1 is 1.13 bits per heavy atom. The first-order chi connectivity index (χ1) is 11.0. The first-order valence-corrected chi connectivity index (χ1v) is 7.19. The molecule has 3 rings (SSSR count). The highest BCUT2D eigenvalue weighted by molar-refractivity contribution is 6.44. The molecule has 23 heavy (non-hydrogen) atoms. The predicted molar refractivity (Wildman–Crippen MR) is 85.6 cm³/mol. The summed E-state index contributed by atoms with van der Waals surface area (Å²) in [7, 11) is 0. The van der Waals surface area contributed by atoms with Gasteiger partial charge in [-0.25, -0.2) is 4.39 Å². The van der Waals surface area contributed by atoms with Crippen LogP contribution >= 0.6 is 0 Å². The lowest BCUT2D eigenvalue weighted by atomic mass is 10.1. The third kappa shape index (κ3) is 3.13. The second-order valence-corrected chi connectivity index (χ2v) is 5.39. The number of halogens is 1. The Morgan fingerprint density at radius 3 is 2.61 bits per heavy atom. The summed E-state index contributed by atoms with van der Waals surface area (Å²) in [6.07, 6.45) is 1.43. The Kier molecular flexibility index (Phi) is 3.93. The number of aromatic nitrogens is 1. The largest absolute Gasteiger partial charge is 0.360 e. The van der Waals surface area contributed by atoms with E-state index in [9.17, 15) is 14.0 Å². The van der Waals surface area contributed by atoms with Crippen molar-refractivity contribution in [1.82, 2.24) is 10.3 Å². The number of rotatable bonds is 4. The number of hydrogen-bond donors (Lipinski definition) is 2. The molecule has 116 valence electrons. The summed E-state index contributed by atoms with van der Waals surface area (Å²) in [6.45, 7) is 2.24. The van der Waals surface area contributed by atoms with Gasteiger partial charge in [-0.1, -0.05) is 29.8 Å². The third-order valence-electron chi connectivity index (χ3n) is 3.67. The molecule has 0 spiro atoms. The van der Waals surface area contributed by atoms with Crippen LogP contribution in [0.15, 0.2) is 48.7 Å². The zero-order valence-corrected chi connectivity index (χ0v) is 12.5. The molecule has 5 heteroatoms. The lowest BCUT2D eigenvalue weighted by Gasteiger charge is -2.05. The van der Waals surface area contributed by atoms with Crippen LogP contribution in [0.2, 0.25) is 0 Å². The minimum Gasteiger partial charge on any atom is -0.360 e. The van der Waals surface area contributed by atoms with E-state index in [1.807, 2.05) is 31.2 Å².